The first-order valence-electron chi connectivity index (χ1n) is 4.71. The van der Waals surface area contributed by atoms with Gasteiger partial charge >= 0.3 is 0 Å². The van der Waals surface area contributed by atoms with E-state index < -0.39 is 0 Å². The number of carbonyl (C=O) groups is 1. The third-order valence-corrected chi connectivity index (χ3v) is 4.57. The van der Waals surface area contributed by atoms with E-state index >= 15 is 0 Å². The third kappa shape index (κ3) is 3.29. The van der Waals surface area contributed by atoms with Crippen LogP contribution >= 0.6 is 43.2 Å². The summed E-state index contributed by atoms with van der Waals surface area (Å²) in [7, 11) is 0. The minimum absolute atomic E-state index is 0.121. The molecule has 5 heteroatoms. The van der Waals surface area contributed by atoms with Gasteiger partial charge in [-0.2, -0.15) is 0 Å². The summed E-state index contributed by atoms with van der Waals surface area (Å²) in [5, 5.41) is 0.818. The number of hydrogen-bond donors (Lipinski definition) is 0. The number of nitrogens with zero attached hydrogens (tertiary/aromatic N) is 1. The Balaban J connectivity index is 2.82. The van der Waals surface area contributed by atoms with Gasteiger partial charge in [-0.3, -0.25) is 4.79 Å². The van der Waals surface area contributed by atoms with Gasteiger partial charge in [0.05, 0.1) is 8.66 Å². The smallest absolute Gasteiger partial charge is 0.263 e. The van der Waals surface area contributed by atoms with Crippen LogP contribution in [0.4, 0.5) is 0 Å². The van der Waals surface area contributed by atoms with Crippen LogP contribution in [0.15, 0.2) is 9.85 Å². The molecule has 0 radical (unpaired) electrons. The molecule has 0 aliphatic heterocycles. The summed E-state index contributed by atoms with van der Waals surface area (Å²) in [5.74, 6) is 0.121. The average molecular weight is 355 g/mol. The van der Waals surface area contributed by atoms with Gasteiger partial charge in [0.25, 0.3) is 5.91 Å². The first kappa shape index (κ1) is 13.2. The Kier molecular flexibility index (Phi) is 5.29. The maximum Gasteiger partial charge on any atom is 0.263 e. The Bertz CT molecular complexity index is 332. The molecule has 0 saturated heterocycles. The topological polar surface area (TPSA) is 20.3 Å². The molecule has 0 spiro atoms. The molecule has 1 aromatic heterocycles. The van der Waals surface area contributed by atoms with Crippen molar-refractivity contribution in [2.24, 2.45) is 0 Å². The highest BCUT2D eigenvalue weighted by atomic mass is 79.9. The molecule has 1 aromatic rings. The highest BCUT2D eigenvalue weighted by molar-refractivity contribution is 9.11. The van der Waals surface area contributed by atoms with E-state index in [-0.39, 0.29) is 5.91 Å². The SMILES string of the molecule is CCN(CCBr)C(=O)c1cc(C)c(Br)s1. The van der Waals surface area contributed by atoms with Crippen molar-refractivity contribution in [2.45, 2.75) is 13.8 Å². The third-order valence-electron chi connectivity index (χ3n) is 2.09. The van der Waals surface area contributed by atoms with Crippen molar-refractivity contribution in [1.29, 1.82) is 0 Å². The monoisotopic (exact) mass is 353 g/mol. The highest BCUT2D eigenvalue weighted by Crippen LogP contribution is 2.28. The number of halogens is 2. The fraction of sp³-hybridized carbons (Fsp3) is 0.500. The molecular weight excluding hydrogens is 342 g/mol. The van der Waals surface area contributed by atoms with Crippen LogP contribution in [0.25, 0.3) is 0 Å². The van der Waals surface area contributed by atoms with Crippen LogP contribution in [0.1, 0.15) is 22.2 Å². The van der Waals surface area contributed by atoms with E-state index in [1.165, 1.54) is 11.3 Å². The molecule has 1 heterocycles. The van der Waals surface area contributed by atoms with Crippen molar-refractivity contribution < 1.29 is 4.79 Å². The summed E-state index contributed by atoms with van der Waals surface area (Å²) in [6.45, 7) is 5.50. The van der Waals surface area contributed by atoms with Gasteiger partial charge in [-0.1, -0.05) is 15.9 Å². The Morgan fingerprint density at radius 2 is 2.27 bits per heavy atom. The predicted octanol–water partition coefficient (Wildman–Crippen LogP) is 3.68. The van der Waals surface area contributed by atoms with E-state index in [1.54, 1.807) is 0 Å². The fourth-order valence-corrected chi connectivity index (χ4v) is 3.16. The second-order valence-electron chi connectivity index (χ2n) is 3.14. The molecule has 0 aliphatic carbocycles. The van der Waals surface area contributed by atoms with Crippen molar-refractivity contribution in [3.63, 3.8) is 0 Å². The Hall–Kier alpha value is 0.130. The van der Waals surface area contributed by atoms with Crippen LogP contribution in [0, 0.1) is 6.92 Å². The number of carbonyl (C=O) groups excluding carboxylic acids is 1. The number of aryl methyl sites for hydroxylation is 1. The summed E-state index contributed by atoms with van der Waals surface area (Å²) in [6.07, 6.45) is 0. The summed E-state index contributed by atoms with van der Waals surface area (Å²) in [6, 6.07) is 1.94. The first-order valence-corrected chi connectivity index (χ1v) is 7.44. The van der Waals surface area contributed by atoms with Gasteiger partial charge in [0.2, 0.25) is 0 Å². The zero-order chi connectivity index (χ0) is 11.4. The van der Waals surface area contributed by atoms with E-state index in [0.717, 1.165) is 32.6 Å². The lowest BCUT2D eigenvalue weighted by atomic mass is 10.3. The lowest BCUT2D eigenvalue weighted by molar-refractivity contribution is 0.0779. The molecular formula is C10H13Br2NOS. The van der Waals surface area contributed by atoms with Crippen molar-refractivity contribution in [1.82, 2.24) is 4.90 Å². The number of alkyl halides is 1. The van der Waals surface area contributed by atoms with Gasteiger partial charge in [-0.25, -0.2) is 0 Å². The largest absolute Gasteiger partial charge is 0.337 e. The predicted molar refractivity (Wildman–Crippen MR) is 72.1 cm³/mol. The van der Waals surface area contributed by atoms with Gasteiger partial charge in [0.1, 0.15) is 0 Å². The first-order chi connectivity index (χ1) is 7.10. The van der Waals surface area contributed by atoms with Crippen LogP contribution < -0.4 is 0 Å². The van der Waals surface area contributed by atoms with Gasteiger partial charge in [0, 0.05) is 18.4 Å². The molecule has 0 unspecified atom stereocenters. The highest BCUT2D eigenvalue weighted by Gasteiger charge is 2.16. The quantitative estimate of drug-likeness (QED) is 0.755. The molecule has 15 heavy (non-hydrogen) atoms. The lowest BCUT2D eigenvalue weighted by Gasteiger charge is -2.18. The summed E-state index contributed by atoms with van der Waals surface area (Å²) in [4.78, 5) is 14.7. The van der Waals surface area contributed by atoms with Crippen LogP contribution in [0.5, 0.6) is 0 Å². The van der Waals surface area contributed by atoms with E-state index in [1.807, 2.05) is 24.8 Å². The summed E-state index contributed by atoms with van der Waals surface area (Å²) >= 11 is 8.29. The molecule has 2 nitrogen and oxygen atoms in total. The molecule has 84 valence electrons. The van der Waals surface area contributed by atoms with Gasteiger partial charge in [0.15, 0.2) is 0 Å². The van der Waals surface area contributed by atoms with Crippen molar-refractivity contribution in [2.75, 3.05) is 18.4 Å². The van der Waals surface area contributed by atoms with Crippen LogP contribution in [-0.4, -0.2) is 29.2 Å². The Morgan fingerprint density at radius 1 is 1.60 bits per heavy atom. The molecule has 0 bridgehead atoms. The van der Waals surface area contributed by atoms with Gasteiger partial charge < -0.3 is 4.90 Å². The van der Waals surface area contributed by atoms with Gasteiger partial charge in [-0.05, 0) is 41.4 Å². The molecule has 0 saturated carbocycles. The zero-order valence-corrected chi connectivity index (χ0v) is 12.7. The zero-order valence-electron chi connectivity index (χ0n) is 8.72. The van der Waals surface area contributed by atoms with E-state index in [0.29, 0.717) is 0 Å². The maximum atomic E-state index is 12.0. The van der Waals surface area contributed by atoms with Crippen molar-refractivity contribution >= 4 is 49.1 Å². The van der Waals surface area contributed by atoms with Crippen molar-refractivity contribution in [3.05, 3.63) is 20.3 Å². The Morgan fingerprint density at radius 3 is 2.67 bits per heavy atom. The number of amides is 1. The molecule has 0 aliphatic rings. The van der Waals surface area contributed by atoms with Crippen LogP contribution in [-0.2, 0) is 0 Å². The number of hydrogen-bond acceptors (Lipinski definition) is 2. The molecule has 0 fully saturated rings. The second kappa shape index (κ2) is 6.01. The van der Waals surface area contributed by atoms with Crippen molar-refractivity contribution in [3.8, 4) is 0 Å². The van der Waals surface area contributed by atoms with Gasteiger partial charge in [-0.15, -0.1) is 11.3 Å². The number of rotatable bonds is 4. The Labute approximate surface area is 111 Å². The normalized spacial score (nSPS) is 10.4. The van der Waals surface area contributed by atoms with E-state index in [2.05, 4.69) is 31.9 Å². The molecule has 0 aromatic carbocycles. The summed E-state index contributed by atoms with van der Waals surface area (Å²) < 4.78 is 1.04. The second-order valence-corrected chi connectivity index (χ2v) is 6.30. The van der Waals surface area contributed by atoms with E-state index in [9.17, 15) is 4.79 Å². The minimum Gasteiger partial charge on any atom is -0.337 e. The minimum atomic E-state index is 0.121. The van der Waals surface area contributed by atoms with Crippen LogP contribution in [0.3, 0.4) is 0 Å². The maximum absolute atomic E-state index is 12.0. The lowest BCUT2D eigenvalue weighted by Crippen LogP contribution is -2.31. The standard InChI is InChI=1S/C10H13Br2NOS/c1-3-13(5-4-11)10(14)8-6-7(2)9(12)15-8/h6H,3-5H2,1-2H3. The summed E-state index contributed by atoms with van der Waals surface area (Å²) in [5.41, 5.74) is 1.12. The average Bonchev–Trinajstić information content (AvgIpc) is 2.55. The van der Waals surface area contributed by atoms with Crippen LogP contribution in [0.2, 0.25) is 0 Å². The molecule has 1 amide bonds. The molecule has 0 atom stereocenters. The molecule has 1 rings (SSSR count). The molecule has 0 N–H and O–H groups in total. The van der Waals surface area contributed by atoms with E-state index in [4.69, 9.17) is 0 Å². The number of thiophene rings is 1. The fourth-order valence-electron chi connectivity index (χ4n) is 1.23.